The molecule has 0 spiro atoms. The number of benzene rings is 3. The maximum atomic E-state index is 13.9. The second-order valence-electron chi connectivity index (χ2n) is 9.90. The number of carbonyl (C=O) groups excluding carboxylic acids is 1. The Labute approximate surface area is 224 Å². The minimum absolute atomic E-state index is 0.0717. The zero-order valence-electron chi connectivity index (χ0n) is 22.1. The molecule has 200 valence electrons. The van der Waals surface area contributed by atoms with Gasteiger partial charge in [0.1, 0.15) is 12.1 Å². The number of nitrogens with one attached hydrogen (secondary N) is 1. The normalized spacial score (nSPS) is 13.5. The molecule has 1 amide bonds. The lowest BCUT2D eigenvalue weighted by Crippen LogP contribution is -2.56. The molecule has 7 nitrogen and oxygen atoms in total. The monoisotopic (exact) mass is 516 g/mol. The number of aryl methyl sites for hydroxylation is 1. The third-order valence-corrected chi connectivity index (χ3v) is 6.50. The Bertz CT molecular complexity index is 1200. The number of hydrogen-bond donors (Lipinski definition) is 3. The fraction of sp³-hybridized carbons (Fsp3) is 0.323. The number of aliphatic carboxylic acids is 2. The van der Waals surface area contributed by atoms with Crippen LogP contribution in [0.1, 0.15) is 39.2 Å². The molecule has 3 atom stereocenters. The molecule has 38 heavy (non-hydrogen) atoms. The predicted molar refractivity (Wildman–Crippen MR) is 149 cm³/mol. The lowest BCUT2D eigenvalue weighted by molar-refractivity contribution is -0.141. The van der Waals surface area contributed by atoms with Crippen molar-refractivity contribution in [2.75, 3.05) is 4.90 Å². The van der Waals surface area contributed by atoms with E-state index in [4.69, 9.17) is 0 Å². The van der Waals surface area contributed by atoms with Gasteiger partial charge in [-0.2, -0.15) is 0 Å². The minimum Gasteiger partial charge on any atom is -0.480 e. The highest BCUT2D eigenvalue weighted by atomic mass is 16.4. The second kappa shape index (κ2) is 13.5. The van der Waals surface area contributed by atoms with Gasteiger partial charge in [0, 0.05) is 5.69 Å². The Morgan fingerprint density at radius 3 is 1.82 bits per heavy atom. The molecular formula is C31H36N2O5. The van der Waals surface area contributed by atoms with E-state index in [0.717, 1.165) is 16.7 Å². The van der Waals surface area contributed by atoms with Crippen molar-refractivity contribution < 1.29 is 24.6 Å². The quantitative estimate of drug-likeness (QED) is 0.286. The first-order valence-corrected chi connectivity index (χ1v) is 12.9. The van der Waals surface area contributed by atoms with Gasteiger partial charge >= 0.3 is 11.9 Å². The number of rotatable bonds is 13. The fourth-order valence-electron chi connectivity index (χ4n) is 4.45. The molecular weight excluding hydrogens is 480 g/mol. The molecule has 3 N–H and O–H groups in total. The highest BCUT2D eigenvalue weighted by Gasteiger charge is 2.35. The Balaban J connectivity index is 1.88. The van der Waals surface area contributed by atoms with Gasteiger partial charge in [-0.3, -0.25) is 19.8 Å². The molecule has 0 heterocycles. The van der Waals surface area contributed by atoms with E-state index < -0.39 is 36.0 Å². The number of carbonyl (C=O) groups is 3. The standard InChI is InChI=1S/C31H36N2O5/c1-21(2)20-28(32-27(31(37)38)19-14-23-10-6-4-7-11-23)29(34)33(22(3)30(35)36)26-17-15-25(16-18-26)24-12-8-5-9-13-24/h4-13,15-18,21-22,27-28,32H,14,19-20H2,1-3H3,(H,35,36)(H,37,38)/t22-,27?,28-/m0/s1. The van der Waals surface area contributed by atoms with E-state index in [1.807, 2.05) is 86.6 Å². The van der Waals surface area contributed by atoms with Gasteiger partial charge in [0.05, 0.1) is 6.04 Å². The maximum Gasteiger partial charge on any atom is 0.326 e. The molecule has 3 aromatic carbocycles. The first-order chi connectivity index (χ1) is 18.2. The van der Waals surface area contributed by atoms with E-state index in [2.05, 4.69) is 5.32 Å². The zero-order chi connectivity index (χ0) is 27.7. The third-order valence-electron chi connectivity index (χ3n) is 6.50. The largest absolute Gasteiger partial charge is 0.480 e. The van der Waals surface area contributed by atoms with Crippen LogP contribution in [0.2, 0.25) is 0 Å². The molecule has 0 aliphatic rings. The Morgan fingerprint density at radius 1 is 0.737 bits per heavy atom. The molecule has 0 bridgehead atoms. The summed E-state index contributed by atoms with van der Waals surface area (Å²) in [6.45, 7) is 5.35. The minimum atomic E-state index is -1.15. The van der Waals surface area contributed by atoms with Gasteiger partial charge in [-0.25, -0.2) is 4.79 Å². The predicted octanol–water partition coefficient (Wildman–Crippen LogP) is 5.25. The molecule has 0 aliphatic heterocycles. The lowest BCUT2D eigenvalue weighted by atomic mass is 9.98. The van der Waals surface area contributed by atoms with Crippen molar-refractivity contribution in [2.24, 2.45) is 5.92 Å². The van der Waals surface area contributed by atoms with Crippen molar-refractivity contribution in [3.05, 3.63) is 90.5 Å². The molecule has 0 fully saturated rings. The second-order valence-corrected chi connectivity index (χ2v) is 9.90. The van der Waals surface area contributed by atoms with Crippen LogP contribution in [-0.4, -0.2) is 46.2 Å². The molecule has 3 aromatic rings. The zero-order valence-corrected chi connectivity index (χ0v) is 22.1. The van der Waals surface area contributed by atoms with E-state index in [1.165, 1.54) is 11.8 Å². The van der Waals surface area contributed by atoms with Crippen molar-refractivity contribution in [1.82, 2.24) is 5.32 Å². The Morgan fingerprint density at radius 2 is 1.29 bits per heavy atom. The molecule has 0 saturated carbocycles. The van der Waals surface area contributed by atoms with Crippen LogP contribution in [0.3, 0.4) is 0 Å². The number of hydrogen-bond acceptors (Lipinski definition) is 4. The molecule has 0 aromatic heterocycles. The number of carboxylic acid groups (broad SMARTS) is 2. The van der Waals surface area contributed by atoms with Crippen LogP contribution >= 0.6 is 0 Å². The van der Waals surface area contributed by atoms with Gasteiger partial charge in [0.2, 0.25) is 5.91 Å². The van der Waals surface area contributed by atoms with Crippen molar-refractivity contribution >= 4 is 23.5 Å². The maximum absolute atomic E-state index is 13.9. The summed E-state index contributed by atoms with van der Waals surface area (Å²) in [5.74, 6) is -2.59. The van der Waals surface area contributed by atoms with Crippen molar-refractivity contribution in [1.29, 1.82) is 0 Å². The van der Waals surface area contributed by atoms with Gasteiger partial charge in [0.25, 0.3) is 0 Å². The highest BCUT2D eigenvalue weighted by Crippen LogP contribution is 2.26. The van der Waals surface area contributed by atoms with E-state index in [9.17, 15) is 24.6 Å². The molecule has 7 heteroatoms. The molecule has 0 radical (unpaired) electrons. The molecule has 0 aliphatic carbocycles. The van der Waals surface area contributed by atoms with Crippen LogP contribution in [0.15, 0.2) is 84.9 Å². The Kier molecular flexibility index (Phi) is 10.2. The smallest absolute Gasteiger partial charge is 0.326 e. The number of nitrogens with zero attached hydrogens (tertiary/aromatic N) is 1. The van der Waals surface area contributed by atoms with Crippen LogP contribution in [0, 0.1) is 5.92 Å². The molecule has 1 unspecified atom stereocenters. The average molecular weight is 517 g/mol. The first-order valence-electron chi connectivity index (χ1n) is 12.9. The molecule has 0 saturated heterocycles. The Hall–Kier alpha value is -3.97. The number of anilines is 1. The lowest BCUT2D eigenvalue weighted by Gasteiger charge is -2.33. The summed E-state index contributed by atoms with van der Waals surface area (Å²) in [4.78, 5) is 39.3. The van der Waals surface area contributed by atoms with Crippen LogP contribution in [0.25, 0.3) is 11.1 Å². The summed E-state index contributed by atoms with van der Waals surface area (Å²) in [5, 5.41) is 22.8. The van der Waals surface area contributed by atoms with Crippen LogP contribution in [-0.2, 0) is 20.8 Å². The summed E-state index contributed by atoms with van der Waals surface area (Å²) in [7, 11) is 0. The van der Waals surface area contributed by atoms with Gasteiger partial charge in [-0.1, -0.05) is 86.6 Å². The van der Waals surface area contributed by atoms with E-state index in [0.29, 0.717) is 24.9 Å². The van der Waals surface area contributed by atoms with Gasteiger partial charge in [0.15, 0.2) is 0 Å². The summed E-state index contributed by atoms with van der Waals surface area (Å²) < 4.78 is 0. The topological polar surface area (TPSA) is 107 Å². The van der Waals surface area contributed by atoms with E-state index in [1.54, 1.807) is 12.1 Å². The van der Waals surface area contributed by atoms with Gasteiger partial charge in [-0.05, 0) is 60.9 Å². The number of carboxylic acids is 2. The van der Waals surface area contributed by atoms with E-state index >= 15 is 0 Å². The SMILES string of the molecule is CC(C)C[C@H](NC(CCc1ccccc1)C(=O)O)C(=O)N(c1ccc(-c2ccccc2)cc1)[C@@H](C)C(=O)O. The summed E-state index contributed by atoms with van der Waals surface area (Å²) in [5.41, 5.74) is 3.39. The molecule has 3 rings (SSSR count). The van der Waals surface area contributed by atoms with Gasteiger partial charge in [-0.15, -0.1) is 0 Å². The van der Waals surface area contributed by atoms with E-state index in [-0.39, 0.29) is 5.92 Å². The third kappa shape index (κ3) is 7.76. The van der Waals surface area contributed by atoms with Crippen LogP contribution < -0.4 is 10.2 Å². The van der Waals surface area contributed by atoms with Crippen molar-refractivity contribution in [3.63, 3.8) is 0 Å². The van der Waals surface area contributed by atoms with Crippen molar-refractivity contribution in [2.45, 2.75) is 58.2 Å². The summed E-state index contributed by atoms with van der Waals surface area (Å²) in [6.07, 6.45) is 1.18. The average Bonchev–Trinajstić information content (AvgIpc) is 2.91. The van der Waals surface area contributed by atoms with Crippen LogP contribution in [0.4, 0.5) is 5.69 Å². The van der Waals surface area contributed by atoms with Gasteiger partial charge < -0.3 is 10.2 Å². The fourth-order valence-corrected chi connectivity index (χ4v) is 4.45. The first kappa shape index (κ1) is 28.6. The van der Waals surface area contributed by atoms with Crippen molar-refractivity contribution in [3.8, 4) is 11.1 Å². The van der Waals surface area contributed by atoms with Crippen LogP contribution in [0.5, 0.6) is 0 Å². The summed E-state index contributed by atoms with van der Waals surface area (Å²) >= 11 is 0. The highest BCUT2D eigenvalue weighted by molar-refractivity contribution is 6.02. The number of amides is 1. The summed E-state index contributed by atoms with van der Waals surface area (Å²) in [6, 6.07) is 23.5.